The molecular weight excluding hydrogens is 270 g/mol. The molecule has 2 aromatic rings. The van der Waals surface area contributed by atoms with Crippen LogP contribution in [0, 0.1) is 0 Å². The van der Waals surface area contributed by atoms with E-state index in [9.17, 15) is 4.79 Å². The minimum absolute atomic E-state index is 0.0359. The molecule has 0 spiro atoms. The highest BCUT2D eigenvalue weighted by Crippen LogP contribution is 2.18. The first kappa shape index (κ1) is 13.5. The van der Waals surface area contributed by atoms with Crippen molar-refractivity contribution in [3.8, 4) is 0 Å². The highest BCUT2D eigenvalue weighted by molar-refractivity contribution is 7.07. The maximum Gasteiger partial charge on any atom is 0.255 e. The molecule has 0 aliphatic carbocycles. The van der Waals surface area contributed by atoms with Gasteiger partial charge in [0.25, 0.3) is 5.56 Å². The van der Waals surface area contributed by atoms with Crippen LogP contribution < -0.4 is 5.56 Å². The third-order valence-corrected chi connectivity index (χ3v) is 4.43. The first-order valence-corrected chi connectivity index (χ1v) is 7.93. The van der Waals surface area contributed by atoms with Gasteiger partial charge in [0.2, 0.25) is 0 Å². The monoisotopic (exact) mass is 289 g/mol. The Labute approximate surface area is 122 Å². The molecule has 3 heterocycles. The molecule has 4 nitrogen and oxygen atoms in total. The van der Waals surface area contributed by atoms with Gasteiger partial charge in [0.05, 0.1) is 11.3 Å². The van der Waals surface area contributed by atoms with Gasteiger partial charge in [-0.05, 0) is 22.4 Å². The van der Waals surface area contributed by atoms with E-state index in [1.165, 1.54) is 5.56 Å². The number of H-pyrrole nitrogens is 1. The van der Waals surface area contributed by atoms with Crippen LogP contribution in [-0.2, 0) is 19.5 Å². The predicted molar refractivity (Wildman–Crippen MR) is 81.1 cm³/mol. The Morgan fingerprint density at radius 3 is 3.05 bits per heavy atom. The normalized spacial score (nSPS) is 15.6. The summed E-state index contributed by atoms with van der Waals surface area (Å²) in [7, 11) is 0. The lowest BCUT2D eigenvalue weighted by molar-refractivity contribution is 0.241. The molecule has 0 unspecified atom stereocenters. The molecule has 1 N–H and O–H groups in total. The molecule has 106 valence electrons. The van der Waals surface area contributed by atoms with Gasteiger partial charge in [-0.3, -0.25) is 9.69 Å². The number of hydrogen-bond acceptors (Lipinski definition) is 4. The third-order valence-electron chi connectivity index (χ3n) is 3.70. The summed E-state index contributed by atoms with van der Waals surface area (Å²) < 4.78 is 0. The van der Waals surface area contributed by atoms with Crippen molar-refractivity contribution < 1.29 is 0 Å². The van der Waals surface area contributed by atoms with Crippen molar-refractivity contribution in [3.05, 3.63) is 49.8 Å². The van der Waals surface area contributed by atoms with Crippen molar-refractivity contribution in [2.75, 3.05) is 6.54 Å². The molecule has 0 amide bonds. The summed E-state index contributed by atoms with van der Waals surface area (Å²) in [6, 6.07) is 2.14. The van der Waals surface area contributed by atoms with Crippen LogP contribution in [-0.4, -0.2) is 21.4 Å². The van der Waals surface area contributed by atoms with Gasteiger partial charge >= 0.3 is 0 Å². The lowest BCUT2D eigenvalue weighted by Crippen LogP contribution is -2.35. The topological polar surface area (TPSA) is 49.0 Å². The average Bonchev–Trinajstić information content (AvgIpc) is 2.92. The first-order chi connectivity index (χ1) is 9.63. The molecule has 0 radical (unpaired) electrons. The van der Waals surface area contributed by atoms with Crippen LogP contribution in [0.2, 0.25) is 0 Å². The molecule has 0 atom stereocenters. The highest BCUT2D eigenvalue weighted by atomic mass is 32.1. The number of rotatable bonds is 3. The van der Waals surface area contributed by atoms with Gasteiger partial charge in [-0.15, -0.1) is 0 Å². The van der Waals surface area contributed by atoms with Gasteiger partial charge in [-0.1, -0.05) is 13.8 Å². The van der Waals surface area contributed by atoms with E-state index < -0.39 is 0 Å². The van der Waals surface area contributed by atoms with Gasteiger partial charge in [-0.25, -0.2) is 4.98 Å². The quantitative estimate of drug-likeness (QED) is 0.944. The van der Waals surface area contributed by atoms with Crippen LogP contribution in [0.25, 0.3) is 0 Å². The Balaban J connectivity index is 1.83. The summed E-state index contributed by atoms with van der Waals surface area (Å²) in [6.45, 7) is 6.68. The SMILES string of the molecule is CC(C)c1nc2c(c(=O)[nH]1)CN(Cc1ccsc1)CC2. The molecular formula is C15H19N3OS. The molecule has 1 aliphatic heterocycles. The summed E-state index contributed by atoms with van der Waals surface area (Å²) in [4.78, 5) is 22.1. The van der Waals surface area contributed by atoms with Crippen molar-refractivity contribution in [2.45, 2.75) is 39.3 Å². The van der Waals surface area contributed by atoms with E-state index in [1.807, 2.05) is 0 Å². The second kappa shape index (κ2) is 5.50. The summed E-state index contributed by atoms with van der Waals surface area (Å²) in [5.41, 5.74) is 3.19. The summed E-state index contributed by atoms with van der Waals surface area (Å²) in [5.74, 6) is 1.07. The minimum Gasteiger partial charge on any atom is -0.310 e. The fourth-order valence-corrected chi connectivity index (χ4v) is 3.21. The molecule has 0 saturated heterocycles. The molecule has 0 aromatic carbocycles. The second-order valence-electron chi connectivity index (χ2n) is 5.62. The average molecular weight is 289 g/mol. The summed E-state index contributed by atoms with van der Waals surface area (Å²) >= 11 is 1.72. The number of aromatic amines is 1. The fourth-order valence-electron chi connectivity index (χ4n) is 2.55. The number of fused-ring (bicyclic) bond motifs is 1. The largest absolute Gasteiger partial charge is 0.310 e. The molecule has 0 bridgehead atoms. The van der Waals surface area contributed by atoms with Crippen LogP contribution in [0.4, 0.5) is 0 Å². The van der Waals surface area contributed by atoms with Crippen molar-refractivity contribution in [3.63, 3.8) is 0 Å². The van der Waals surface area contributed by atoms with Gasteiger partial charge in [0.1, 0.15) is 5.82 Å². The zero-order chi connectivity index (χ0) is 14.1. The first-order valence-electron chi connectivity index (χ1n) is 6.99. The summed E-state index contributed by atoms with van der Waals surface area (Å²) in [6.07, 6.45) is 0.864. The molecule has 1 aliphatic rings. The highest BCUT2D eigenvalue weighted by Gasteiger charge is 2.21. The maximum atomic E-state index is 12.2. The van der Waals surface area contributed by atoms with Crippen LogP contribution in [0.5, 0.6) is 0 Å². The van der Waals surface area contributed by atoms with Crippen LogP contribution in [0.1, 0.15) is 42.4 Å². The van der Waals surface area contributed by atoms with E-state index >= 15 is 0 Å². The number of thiophene rings is 1. The molecule has 3 rings (SSSR count). The standard InChI is InChI=1S/C15H19N3OS/c1-10(2)14-16-13-3-5-18(7-11-4-6-20-9-11)8-12(13)15(19)17-14/h4,6,9-10H,3,5,7-8H2,1-2H3,(H,16,17,19). The smallest absolute Gasteiger partial charge is 0.255 e. The predicted octanol–water partition coefficient (Wildman–Crippen LogP) is 2.51. The van der Waals surface area contributed by atoms with E-state index in [-0.39, 0.29) is 11.5 Å². The van der Waals surface area contributed by atoms with Crippen LogP contribution in [0.3, 0.4) is 0 Å². The Hall–Kier alpha value is -1.46. The Kier molecular flexibility index (Phi) is 3.72. The molecule has 2 aromatic heterocycles. The Bertz CT molecular complexity index is 646. The van der Waals surface area contributed by atoms with E-state index in [0.29, 0.717) is 6.54 Å². The molecule has 20 heavy (non-hydrogen) atoms. The van der Waals surface area contributed by atoms with Gasteiger partial charge < -0.3 is 4.98 Å². The Morgan fingerprint density at radius 2 is 2.35 bits per heavy atom. The molecule has 0 saturated carbocycles. The second-order valence-corrected chi connectivity index (χ2v) is 6.40. The number of hydrogen-bond donors (Lipinski definition) is 1. The van der Waals surface area contributed by atoms with Crippen molar-refractivity contribution >= 4 is 11.3 Å². The van der Waals surface area contributed by atoms with Gasteiger partial charge in [0, 0.05) is 32.0 Å². The summed E-state index contributed by atoms with van der Waals surface area (Å²) in [5, 5.41) is 4.26. The van der Waals surface area contributed by atoms with E-state index in [2.05, 4.69) is 45.5 Å². The van der Waals surface area contributed by atoms with E-state index in [0.717, 1.165) is 36.6 Å². The van der Waals surface area contributed by atoms with Gasteiger partial charge in [-0.2, -0.15) is 11.3 Å². The lowest BCUT2D eigenvalue weighted by Gasteiger charge is -2.27. The van der Waals surface area contributed by atoms with Crippen LogP contribution >= 0.6 is 11.3 Å². The Morgan fingerprint density at radius 1 is 1.50 bits per heavy atom. The van der Waals surface area contributed by atoms with E-state index in [4.69, 9.17) is 0 Å². The molecule has 5 heteroatoms. The zero-order valence-electron chi connectivity index (χ0n) is 11.8. The number of aromatic nitrogens is 2. The van der Waals surface area contributed by atoms with E-state index in [1.54, 1.807) is 11.3 Å². The van der Waals surface area contributed by atoms with Crippen molar-refractivity contribution in [1.29, 1.82) is 0 Å². The van der Waals surface area contributed by atoms with Crippen LogP contribution in [0.15, 0.2) is 21.6 Å². The fraction of sp³-hybridized carbons (Fsp3) is 0.467. The maximum absolute atomic E-state index is 12.2. The molecule has 0 fully saturated rings. The lowest BCUT2D eigenvalue weighted by atomic mass is 10.1. The third kappa shape index (κ3) is 2.69. The van der Waals surface area contributed by atoms with Crippen molar-refractivity contribution in [1.82, 2.24) is 14.9 Å². The van der Waals surface area contributed by atoms with Crippen molar-refractivity contribution in [2.24, 2.45) is 0 Å². The van der Waals surface area contributed by atoms with Gasteiger partial charge in [0.15, 0.2) is 0 Å². The number of nitrogens with zero attached hydrogens (tertiary/aromatic N) is 2. The zero-order valence-corrected chi connectivity index (χ0v) is 12.7. The number of nitrogens with one attached hydrogen (secondary N) is 1. The minimum atomic E-state index is 0.0359.